The predicted octanol–water partition coefficient (Wildman–Crippen LogP) is 4.62. The Balaban J connectivity index is 1.59. The summed E-state index contributed by atoms with van der Waals surface area (Å²) in [4.78, 5) is 24.9. The van der Waals surface area contributed by atoms with Gasteiger partial charge in [-0.15, -0.1) is 0 Å². The number of rotatable bonds is 11. The predicted molar refractivity (Wildman–Crippen MR) is 135 cm³/mol. The molecule has 3 aromatic rings. The van der Waals surface area contributed by atoms with Crippen LogP contribution in [0.25, 0.3) is 0 Å². The molecule has 0 aliphatic rings. The number of carbonyl (C=O) groups is 1. The highest BCUT2D eigenvalue weighted by Crippen LogP contribution is 2.25. The molecule has 3 rings (SSSR count). The molecule has 0 saturated carbocycles. The van der Waals surface area contributed by atoms with E-state index in [9.17, 15) is 4.79 Å². The summed E-state index contributed by atoms with van der Waals surface area (Å²) in [5, 5.41) is 6.06. The van der Waals surface area contributed by atoms with E-state index in [1.165, 1.54) is 11.2 Å². The molecule has 0 unspecified atom stereocenters. The third-order valence-corrected chi connectivity index (χ3v) is 5.35. The molecule has 0 aliphatic heterocycles. The maximum absolute atomic E-state index is 12.7. The molecular weight excluding hydrogens is 432 g/mol. The van der Waals surface area contributed by atoms with Crippen molar-refractivity contribution in [2.24, 2.45) is 0 Å². The zero-order chi connectivity index (χ0) is 24.3. The van der Waals surface area contributed by atoms with E-state index < -0.39 is 0 Å². The molecule has 2 N–H and O–H groups in total. The van der Waals surface area contributed by atoms with E-state index in [0.29, 0.717) is 29.7 Å². The zero-order valence-corrected chi connectivity index (χ0v) is 20.1. The Hall–Kier alpha value is -3.85. The van der Waals surface area contributed by atoms with Crippen LogP contribution in [0.2, 0.25) is 0 Å². The Labute approximate surface area is 200 Å². The Morgan fingerprint density at radius 2 is 1.76 bits per heavy atom. The fraction of sp³-hybridized carbons (Fsp3) is 0.320. The number of amides is 2. The van der Waals surface area contributed by atoms with Gasteiger partial charge in [-0.25, -0.2) is 14.8 Å². The molecule has 2 amide bonds. The average Bonchev–Trinajstić information content (AvgIpc) is 2.87. The van der Waals surface area contributed by atoms with Crippen LogP contribution >= 0.6 is 0 Å². The molecule has 0 saturated heterocycles. The first-order valence-corrected chi connectivity index (χ1v) is 11.3. The summed E-state index contributed by atoms with van der Waals surface area (Å²) in [6, 6.07) is 16.3. The molecule has 9 nitrogen and oxygen atoms in total. The molecule has 1 heterocycles. The standard InChI is InChI=1S/C25H32N6O3/c1-5-31(6-2)15-16-34-20-13-11-19(12-14-20)28-23-17-24(27-18-26-23)30(3)25(32)29-21-9-7-8-10-22(21)33-4/h7-14,17-18H,5-6,15-16H2,1-4H3,(H,29,32)(H,26,27,28). The van der Waals surface area contributed by atoms with Gasteiger partial charge in [0.2, 0.25) is 0 Å². The third-order valence-electron chi connectivity index (χ3n) is 5.35. The molecule has 180 valence electrons. The molecule has 2 aromatic carbocycles. The Morgan fingerprint density at radius 1 is 1.03 bits per heavy atom. The van der Waals surface area contributed by atoms with E-state index in [-0.39, 0.29) is 6.03 Å². The van der Waals surface area contributed by atoms with Gasteiger partial charge in [-0.2, -0.15) is 0 Å². The normalized spacial score (nSPS) is 10.6. The molecule has 0 fully saturated rings. The highest BCUT2D eigenvalue weighted by molar-refractivity contribution is 6.01. The number of methoxy groups -OCH3 is 1. The lowest BCUT2D eigenvalue weighted by Crippen LogP contribution is -2.32. The quantitative estimate of drug-likeness (QED) is 0.428. The second kappa shape index (κ2) is 12.4. The van der Waals surface area contributed by atoms with Crippen molar-refractivity contribution in [3.05, 3.63) is 60.9 Å². The van der Waals surface area contributed by atoms with Crippen LogP contribution < -0.4 is 25.0 Å². The highest BCUT2D eigenvalue weighted by atomic mass is 16.5. The molecule has 0 spiro atoms. The van der Waals surface area contributed by atoms with Crippen molar-refractivity contribution in [1.29, 1.82) is 0 Å². The van der Waals surface area contributed by atoms with E-state index >= 15 is 0 Å². The molecule has 0 aliphatic carbocycles. The van der Waals surface area contributed by atoms with Crippen molar-refractivity contribution < 1.29 is 14.3 Å². The maximum atomic E-state index is 12.7. The van der Waals surface area contributed by atoms with Crippen molar-refractivity contribution >= 4 is 29.0 Å². The Kier molecular flexibility index (Phi) is 9.04. The summed E-state index contributed by atoms with van der Waals surface area (Å²) in [5.74, 6) is 2.40. The third kappa shape index (κ3) is 6.82. The lowest BCUT2D eigenvalue weighted by molar-refractivity contribution is 0.223. The van der Waals surface area contributed by atoms with Gasteiger partial charge in [0.25, 0.3) is 0 Å². The first-order valence-electron chi connectivity index (χ1n) is 11.3. The number of ether oxygens (including phenoxy) is 2. The summed E-state index contributed by atoms with van der Waals surface area (Å²) in [6.45, 7) is 7.87. The zero-order valence-electron chi connectivity index (χ0n) is 20.1. The second-order valence-corrected chi connectivity index (χ2v) is 7.48. The highest BCUT2D eigenvalue weighted by Gasteiger charge is 2.15. The molecule has 0 atom stereocenters. The lowest BCUT2D eigenvalue weighted by atomic mass is 10.3. The molecule has 1 aromatic heterocycles. The van der Waals surface area contributed by atoms with E-state index in [1.54, 1.807) is 32.4 Å². The number of anilines is 4. The van der Waals surface area contributed by atoms with Gasteiger partial charge < -0.3 is 25.0 Å². The number of hydrogen-bond acceptors (Lipinski definition) is 7. The van der Waals surface area contributed by atoms with Crippen LogP contribution in [-0.4, -0.2) is 61.3 Å². The Morgan fingerprint density at radius 3 is 2.47 bits per heavy atom. The summed E-state index contributed by atoms with van der Waals surface area (Å²) in [5.41, 5.74) is 1.43. The summed E-state index contributed by atoms with van der Waals surface area (Å²) >= 11 is 0. The lowest BCUT2D eigenvalue weighted by Gasteiger charge is -2.19. The minimum absolute atomic E-state index is 0.347. The van der Waals surface area contributed by atoms with Gasteiger partial charge in [-0.1, -0.05) is 26.0 Å². The number of likely N-dealkylation sites (N-methyl/N-ethyl adjacent to an activating group) is 1. The molecule has 9 heteroatoms. The average molecular weight is 465 g/mol. The van der Waals surface area contributed by atoms with Crippen LogP contribution in [-0.2, 0) is 0 Å². The number of nitrogens with one attached hydrogen (secondary N) is 2. The van der Waals surface area contributed by atoms with E-state index in [1.807, 2.05) is 36.4 Å². The van der Waals surface area contributed by atoms with Crippen LogP contribution in [0.3, 0.4) is 0 Å². The number of hydrogen-bond donors (Lipinski definition) is 2. The monoisotopic (exact) mass is 464 g/mol. The number of urea groups is 1. The van der Waals surface area contributed by atoms with E-state index in [4.69, 9.17) is 9.47 Å². The first-order chi connectivity index (χ1) is 16.5. The van der Waals surface area contributed by atoms with Gasteiger partial charge >= 0.3 is 6.03 Å². The number of benzene rings is 2. The number of aromatic nitrogens is 2. The minimum atomic E-state index is -0.347. The molecule has 34 heavy (non-hydrogen) atoms. The topological polar surface area (TPSA) is 91.9 Å². The van der Waals surface area contributed by atoms with Gasteiger partial charge in [-0.05, 0) is 49.5 Å². The van der Waals surface area contributed by atoms with Gasteiger partial charge in [0.1, 0.15) is 36.1 Å². The van der Waals surface area contributed by atoms with Crippen LogP contribution in [0.5, 0.6) is 11.5 Å². The number of nitrogens with zero attached hydrogens (tertiary/aromatic N) is 4. The Bertz CT molecular complexity index is 1060. The SMILES string of the molecule is CCN(CC)CCOc1ccc(Nc2cc(N(C)C(=O)Nc3ccccc3OC)ncn2)cc1. The van der Waals surface area contributed by atoms with Crippen molar-refractivity contribution in [3.8, 4) is 11.5 Å². The molecular formula is C25H32N6O3. The largest absolute Gasteiger partial charge is 0.495 e. The van der Waals surface area contributed by atoms with Crippen molar-refractivity contribution in [3.63, 3.8) is 0 Å². The van der Waals surface area contributed by atoms with Crippen LogP contribution in [0.4, 0.5) is 27.8 Å². The van der Waals surface area contributed by atoms with Gasteiger partial charge in [-0.3, -0.25) is 4.90 Å². The minimum Gasteiger partial charge on any atom is -0.495 e. The summed E-state index contributed by atoms with van der Waals surface area (Å²) < 4.78 is 11.1. The van der Waals surface area contributed by atoms with Crippen LogP contribution in [0.15, 0.2) is 60.9 Å². The van der Waals surface area contributed by atoms with Gasteiger partial charge in [0, 0.05) is 25.3 Å². The molecule has 0 radical (unpaired) electrons. The van der Waals surface area contributed by atoms with Crippen molar-refractivity contribution in [2.45, 2.75) is 13.8 Å². The molecule has 0 bridgehead atoms. The summed E-state index contributed by atoms with van der Waals surface area (Å²) in [6.07, 6.45) is 1.41. The van der Waals surface area contributed by atoms with Crippen LogP contribution in [0, 0.1) is 0 Å². The number of para-hydroxylation sites is 2. The van der Waals surface area contributed by atoms with Crippen molar-refractivity contribution in [1.82, 2.24) is 14.9 Å². The van der Waals surface area contributed by atoms with Crippen molar-refractivity contribution in [2.75, 3.05) is 55.9 Å². The van der Waals surface area contributed by atoms with Crippen LogP contribution in [0.1, 0.15) is 13.8 Å². The number of carbonyl (C=O) groups excluding carboxylic acids is 1. The summed E-state index contributed by atoms with van der Waals surface area (Å²) in [7, 11) is 3.20. The van der Waals surface area contributed by atoms with Gasteiger partial charge in [0.05, 0.1) is 12.8 Å². The van der Waals surface area contributed by atoms with Gasteiger partial charge in [0.15, 0.2) is 0 Å². The smallest absolute Gasteiger partial charge is 0.327 e. The second-order valence-electron chi connectivity index (χ2n) is 7.48. The van der Waals surface area contributed by atoms with E-state index in [2.05, 4.69) is 39.3 Å². The fourth-order valence-corrected chi connectivity index (χ4v) is 3.26. The first kappa shape index (κ1) is 24.8. The fourth-order valence-electron chi connectivity index (χ4n) is 3.26. The van der Waals surface area contributed by atoms with E-state index in [0.717, 1.165) is 31.1 Å². The maximum Gasteiger partial charge on any atom is 0.327 e.